The first-order valence-electron chi connectivity index (χ1n) is 5.70. The number of hydrogen-bond donors (Lipinski definition) is 1. The van der Waals surface area contributed by atoms with E-state index in [9.17, 15) is 4.79 Å². The van der Waals surface area contributed by atoms with Gasteiger partial charge >= 0.3 is 5.97 Å². The predicted octanol–water partition coefficient (Wildman–Crippen LogP) is 2.37. The van der Waals surface area contributed by atoms with Crippen molar-refractivity contribution in [3.8, 4) is 0 Å². The second-order valence-corrected chi connectivity index (χ2v) is 3.85. The van der Waals surface area contributed by atoms with Crippen LogP contribution in [0.5, 0.6) is 0 Å². The van der Waals surface area contributed by atoms with Crippen molar-refractivity contribution in [3.63, 3.8) is 0 Å². The summed E-state index contributed by atoms with van der Waals surface area (Å²) in [4.78, 5) is 12.7. The summed E-state index contributed by atoms with van der Waals surface area (Å²) in [5.41, 5.74) is 1.28. The molecule has 1 aromatic carbocycles. The number of rotatable bonds is 7. The third-order valence-electron chi connectivity index (χ3n) is 2.56. The fourth-order valence-corrected chi connectivity index (χ4v) is 1.64. The van der Waals surface area contributed by atoms with Gasteiger partial charge in [0.05, 0.1) is 0 Å². The fraction of sp³-hybridized carbons (Fsp3) is 0.462. The molecule has 0 radical (unpaired) electrons. The largest absolute Gasteiger partial charge is 0.481 e. The van der Waals surface area contributed by atoms with Crippen LogP contribution in [0.3, 0.4) is 0 Å². The average molecular weight is 221 g/mol. The van der Waals surface area contributed by atoms with Gasteiger partial charge in [-0.15, -0.1) is 0 Å². The molecule has 0 saturated heterocycles. The topological polar surface area (TPSA) is 40.5 Å². The highest BCUT2D eigenvalue weighted by Gasteiger charge is 2.04. The SMILES string of the molecule is CCN(CCCC(=O)O)Cc1ccccc1. The highest BCUT2D eigenvalue weighted by atomic mass is 16.4. The van der Waals surface area contributed by atoms with Crippen molar-refractivity contribution in [2.24, 2.45) is 0 Å². The van der Waals surface area contributed by atoms with Crippen LogP contribution in [0, 0.1) is 0 Å². The molecule has 0 unspecified atom stereocenters. The van der Waals surface area contributed by atoms with E-state index in [0.29, 0.717) is 0 Å². The standard InChI is InChI=1S/C13H19NO2/c1-2-14(10-6-9-13(15)16)11-12-7-4-3-5-8-12/h3-5,7-8H,2,6,9-11H2,1H3,(H,15,16). The summed E-state index contributed by atoms with van der Waals surface area (Å²) in [6.07, 6.45) is 0.974. The first-order chi connectivity index (χ1) is 7.72. The molecular formula is C13H19NO2. The maximum Gasteiger partial charge on any atom is 0.303 e. The lowest BCUT2D eigenvalue weighted by molar-refractivity contribution is -0.137. The zero-order chi connectivity index (χ0) is 11.8. The molecule has 0 aliphatic heterocycles. The molecule has 0 atom stereocenters. The summed E-state index contributed by atoms with van der Waals surface area (Å²) in [7, 11) is 0. The Labute approximate surface area is 96.7 Å². The summed E-state index contributed by atoms with van der Waals surface area (Å²) >= 11 is 0. The van der Waals surface area contributed by atoms with Crippen LogP contribution in [0.25, 0.3) is 0 Å². The van der Waals surface area contributed by atoms with E-state index in [1.54, 1.807) is 0 Å². The number of carbonyl (C=O) groups is 1. The fourth-order valence-electron chi connectivity index (χ4n) is 1.64. The Balaban J connectivity index is 2.34. The van der Waals surface area contributed by atoms with E-state index in [1.165, 1.54) is 5.56 Å². The third-order valence-corrected chi connectivity index (χ3v) is 2.56. The van der Waals surface area contributed by atoms with E-state index < -0.39 is 5.97 Å². The van der Waals surface area contributed by atoms with Gasteiger partial charge in [0.15, 0.2) is 0 Å². The van der Waals surface area contributed by atoms with Crippen molar-refractivity contribution < 1.29 is 9.90 Å². The van der Waals surface area contributed by atoms with Crippen LogP contribution in [0.2, 0.25) is 0 Å². The maximum atomic E-state index is 10.4. The third kappa shape index (κ3) is 4.94. The first-order valence-corrected chi connectivity index (χ1v) is 5.70. The maximum absolute atomic E-state index is 10.4. The van der Waals surface area contributed by atoms with E-state index in [1.807, 2.05) is 18.2 Å². The molecule has 16 heavy (non-hydrogen) atoms. The van der Waals surface area contributed by atoms with Crippen LogP contribution in [-0.2, 0) is 11.3 Å². The van der Waals surface area contributed by atoms with E-state index in [0.717, 1.165) is 26.1 Å². The zero-order valence-electron chi connectivity index (χ0n) is 9.72. The molecular weight excluding hydrogens is 202 g/mol. The molecule has 0 bridgehead atoms. The number of aliphatic carboxylic acids is 1. The van der Waals surface area contributed by atoms with E-state index in [4.69, 9.17) is 5.11 Å². The molecule has 0 saturated carbocycles. The van der Waals surface area contributed by atoms with Crippen molar-refractivity contribution in [3.05, 3.63) is 35.9 Å². The highest BCUT2D eigenvalue weighted by Crippen LogP contribution is 2.05. The van der Waals surface area contributed by atoms with Gasteiger partial charge in [0.25, 0.3) is 0 Å². The molecule has 0 aliphatic rings. The minimum Gasteiger partial charge on any atom is -0.481 e. The molecule has 0 heterocycles. The van der Waals surface area contributed by atoms with Gasteiger partial charge in [-0.05, 0) is 25.1 Å². The summed E-state index contributed by atoms with van der Waals surface area (Å²) in [6, 6.07) is 10.3. The Morgan fingerprint density at radius 3 is 2.56 bits per heavy atom. The lowest BCUT2D eigenvalue weighted by Gasteiger charge is -2.19. The molecule has 0 fully saturated rings. The predicted molar refractivity (Wildman–Crippen MR) is 64.3 cm³/mol. The number of benzene rings is 1. The van der Waals surface area contributed by atoms with Crippen molar-refractivity contribution in [1.29, 1.82) is 0 Å². The number of nitrogens with zero attached hydrogens (tertiary/aromatic N) is 1. The van der Waals surface area contributed by atoms with Crippen LogP contribution in [0.4, 0.5) is 0 Å². The lowest BCUT2D eigenvalue weighted by atomic mass is 10.2. The molecule has 3 heteroatoms. The van der Waals surface area contributed by atoms with Gasteiger partial charge in [-0.1, -0.05) is 37.3 Å². The molecule has 0 aromatic heterocycles. The van der Waals surface area contributed by atoms with Crippen molar-refractivity contribution in [2.75, 3.05) is 13.1 Å². The average Bonchev–Trinajstić information content (AvgIpc) is 2.28. The van der Waals surface area contributed by atoms with Crippen molar-refractivity contribution in [1.82, 2.24) is 4.90 Å². The van der Waals surface area contributed by atoms with Crippen molar-refractivity contribution >= 4 is 5.97 Å². The molecule has 1 rings (SSSR count). The Hall–Kier alpha value is -1.35. The van der Waals surface area contributed by atoms with Gasteiger partial charge in [-0.25, -0.2) is 0 Å². The zero-order valence-corrected chi connectivity index (χ0v) is 9.72. The highest BCUT2D eigenvalue weighted by molar-refractivity contribution is 5.66. The summed E-state index contributed by atoms with van der Waals surface area (Å²) in [5.74, 6) is -0.712. The van der Waals surface area contributed by atoms with Crippen LogP contribution in [0.1, 0.15) is 25.3 Å². The smallest absolute Gasteiger partial charge is 0.303 e. The van der Waals surface area contributed by atoms with Gasteiger partial charge in [-0.3, -0.25) is 9.69 Å². The van der Waals surface area contributed by atoms with E-state index >= 15 is 0 Å². The molecule has 1 aromatic rings. The Bertz CT molecular complexity index is 311. The molecule has 88 valence electrons. The van der Waals surface area contributed by atoms with Gasteiger partial charge in [0.2, 0.25) is 0 Å². The first kappa shape index (κ1) is 12.7. The van der Waals surface area contributed by atoms with Crippen LogP contribution in [-0.4, -0.2) is 29.1 Å². The van der Waals surface area contributed by atoms with Gasteiger partial charge in [-0.2, -0.15) is 0 Å². The van der Waals surface area contributed by atoms with Crippen LogP contribution < -0.4 is 0 Å². The molecule has 3 nitrogen and oxygen atoms in total. The molecule has 0 spiro atoms. The molecule has 0 aliphatic carbocycles. The number of carboxylic acids is 1. The minimum absolute atomic E-state index is 0.255. The summed E-state index contributed by atoms with van der Waals surface area (Å²) in [6.45, 7) is 4.80. The van der Waals surface area contributed by atoms with E-state index in [-0.39, 0.29) is 6.42 Å². The van der Waals surface area contributed by atoms with E-state index in [2.05, 4.69) is 24.0 Å². The summed E-state index contributed by atoms with van der Waals surface area (Å²) < 4.78 is 0. The monoisotopic (exact) mass is 221 g/mol. The van der Waals surface area contributed by atoms with Gasteiger partial charge < -0.3 is 5.11 Å². The van der Waals surface area contributed by atoms with Gasteiger partial charge in [0.1, 0.15) is 0 Å². The van der Waals surface area contributed by atoms with Gasteiger partial charge in [0, 0.05) is 13.0 Å². The lowest BCUT2D eigenvalue weighted by Crippen LogP contribution is -2.24. The van der Waals surface area contributed by atoms with Crippen molar-refractivity contribution in [2.45, 2.75) is 26.3 Å². The van der Waals surface area contributed by atoms with Crippen LogP contribution in [0.15, 0.2) is 30.3 Å². The quantitative estimate of drug-likeness (QED) is 0.768. The Morgan fingerprint density at radius 1 is 1.31 bits per heavy atom. The number of carboxylic acid groups (broad SMARTS) is 1. The minimum atomic E-state index is -0.712. The second-order valence-electron chi connectivity index (χ2n) is 3.85. The second kappa shape index (κ2) is 7.01. The summed E-state index contributed by atoms with van der Waals surface area (Å²) in [5, 5.41) is 8.57. The van der Waals surface area contributed by atoms with Crippen LogP contribution >= 0.6 is 0 Å². The molecule has 0 amide bonds. The number of hydrogen-bond acceptors (Lipinski definition) is 2. The Kier molecular flexibility index (Phi) is 5.57. The normalized spacial score (nSPS) is 10.6. The Morgan fingerprint density at radius 2 is 2.00 bits per heavy atom. The molecule has 1 N–H and O–H groups in total.